The third-order valence-electron chi connectivity index (χ3n) is 2.50. The van der Waals surface area contributed by atoms with Gasteiger partial charge in [-0.2, -0.15) is 78.5 Å². The molecule has 2 aliphatic rings. The van der Waals surface area contributed by atoms with Gasteiger partial charge in [0.25, 0.3) is 0 Å². The molecule has 0 atom stereocenters. The molecule has 2 saturated heterocycles. The summed E-state index contributed by atoms with van der Waals surface area (Å²) >= 11 is 0. The van der Waals surface area contributed by atoms with E-state index in [9.17, 15) is 0 Å². The smallest absolute Gasteiger partial charge is 0 e. The Bertz CT molecular complexity index is 106. The van der Waals surface area contributed by atoms with Gasteiger partial charge in [-0.05, 0) is 0 Å². The van der Waals surface area contributed by atoms with Gasteiger partial charge in [-0.3, -0.25) is 0 Å². The van der Waals surface area contributed by atoms with Crippen LogP contribution in [0.1, 0.15) is 0 Å². The summed E-state index contributed by atoms with van der Waals surface area (Å²) in [6.45, 7) is 10.8. The fourth-order valence-electron chi connectivity index (χ4n) is 1.52. The first-order chi connectivity index (χ1) is 9.00. The zero-order valence-corrected chi connectivity index (χ0v) is 18.7. The van der Waals surface area contributed by atoms with Crippen molar-refractivity contribution in [3.8, 4) is 0 Å². The van der Waals surface area contributed by atoms with E-state index in [0.717, 1.165) is 78.5 Å². The van der Waals surface area contributed by atoms with Gasteiger partial charge in [0.1, 0.15) is 0 Å². The summed E-state index contributed by atoms with van der Waals surface area (Å²) < 4.78 is 0. The molecule has 2 aliphatic heterocycles. The Morgan fingerprint density at radius 3 is 0.440 bits per heavy atom. The van der Waals surface area contributed by atoms with Gasteiger partial charge in [0.2, 0.25) is 0 Å². The Labute approximate surface area is 181 Å². The van der Waals surface area contributed by atoms with E-state index in [-0.39, 0.29) is 70.7 Å². The molecule has 0 aromatic heterocycles. The maximum Gasteiger partial charge on any atom is 0 e. The van der Waals surface area contributed by atoms with Gasteiger partial charge < -0.3 is 69.0 Å². The van der Waals surface area contributed by atoms with E-state index in [0.29, 0.717) is 0 Å². The van der Waals surface area contributed by atoms with Gasteiger partial charge in [-0.25, -0.2) is 0 Å². The maximum atomic E-state index is 4.20. The van der Waals surface area contributed by atoms with Crippen LogP contribution < -0.4 is 0 Å². The van der Waals surface area contributed by atoms with Crippen LogP contribution >= 0.6 is 0 Å². The summed E-state index contributed by atoms with van der Waals surface area (Å²) in [6, 6.07) is 0. The molecule has 0 saturated carbocycles. The van der Waals surface area contributed by atoms with Crippen molar-refractivity contribution >= 4 is 0 Å². The molecule has 0 N–H and O–H groups in total. The number of nitrogens with zero attached hydrogens (tertiary/aromatic N) is 6. The monoisotopic (exact) mass is 448 g/mol. The molecule has 0 aromatic carbocycles. The molecule has 6 nitrogen and oxygen atoms in total. The minimum absolute atomic E-state index is 0. The van der Waals surface area contributed by atoms with Crippen molar-refractivity contribution in [2.24, 2.45) is 0 Å². The Hall–Kier alpha value is 0.773. The molecular weight excluding hydrogens is 410 g/mol. The van der Waals surface area contributed by atoms with Crippen LogP contribution in [0.25, 0.3) is 31.9 Å². The van der Waals surface area contributed by atoms with Crippen molar-refractivity contribution in [3.05, 3.63) is 69.0 Å². The van der Waals surface area contributed by atoms with Crippen LogP contribution in [0.2, 0.25) is 0 Å². The second-order valence-electron chi connectivity index (χ2n) is 4.02. The molecule has 2 fully saturated rings. The fourth-order valence-corrected chi connectivity index (χ4v) is 1.52. The first kappa shape index (κ1) is 44.9. The zero-order valence-electron chi connectivity index (χ0n) is 16.8. The van der Waals surface area contributed by atoms with E-state index in [1.807, 2.05) is 0 Å². The Kier molecular flexibility index (Phi) is 71.3. The van der Waals surface area contributed by atoms with Crippen molar-refractivity contribution in [3.63, 3.8) is 0 Å². The zero-order chi connectivity index (χ0) is 12.7. The minimum atomic E-state index is 0. The van der Waals surface area contributed by atoms with Gasteiger partial charge >= 0.3 is 0 Å². The fraction of sp³-hybridized carbons (Fsp3) is 0.706. The normalized spacial score (nSPS) is 17.3. The van der Waals surface area contributed by atoms with Crippen molar-refractivity contribution in [1.29, 1.82) is 0 Å². The van der Waals surface area contributed by atoms with Gasteiger partial charge in [0, 0.05) is 33.6 Å². The second kappa shape index (κ2) is 39.7. The number of hydrogen-bond donors (Lipinski definition) is 0. The van der Waals surface area contributed by atoms with Crippen LogP contribution in [0.5, 0.6) is 0 Å². The van der Waals surface area contributed by atoms with E-state index in [1.165, 1.54) is 0 Å². The molecule has 0 aliphatic carbocycles. The summed E-state index contributed by atoms with van der Waals surface area (Å²) in [5.74, 6) is 0. The van der Waals surface area contributed by atoms with Crippen molar-refractivity contribution in [1.82, 2.24) is 0 Å². The van der Waals surface area contributed by atoms with Gasteiger partial charge in [0.05, 0.1) is 0 Å². The van der Waals surface area contributed by atoms with Gasteiger partial charge in [0.15, 0.2) is 0 Å². The molecule has 0 amide bonds. The topological polar surface area (TPSA) is 84.6 Å². The molecular formula is C17H39CuN6Ni-11. The van der Waals surface area contributed by atoms with E-state index >= 15 is 0 Å². The SMILES string of the molecule is C1C[N-]CC[N-]CC[N-]1.C1C[N-]CC[N-]CC[N-]1.[CH3-].[CH3-].[CH3-].[CH3-].[CH3-].[Cu].[Ni]. The van der Waals surface area contributed by atoms with E-state index < -0.39 is 0 Å². The maximum absolute atomic E-state index is 4.20. The first-order valence-corrected chi connectivity index (χ1v) is 6.79. The average molecular weight is 450 g/mol. The van der Waals surface area contributed by atoms with E-state index in [4.69, 9.17) is 0 Å². The van der Waals surface area contributed by atoms with Crippen LogP contribution in [0.3, 0.4) is 0 Å². The van der Waals surface area contributed by atoms with E-state index in [2.05, 4.69) is 31.9 Å². The molecule has 169 valence electrons. The Morgan fingerprint density at radius 2 is 0.360 bits per heavy atom. The molecule has 2 rings (SSSR count). The molecule has 1 radical (unpaired) electrons. The first-order valence-electron chi connectivity index (χ1n) is 6.79. The molecule has 25 heavy (non-hydrogen) atoms. The average Bonchev–Trinajstić information content (AvgIpc) is 2.65. The third kappa shape index (κ3) is 36.5. The standard InChI is InChI=1S/2C6H12N3.5CH3.Cu.Ni/c2*1-2-8-5-6-9-4-3-7-1;;;;;;;/h2*1-6H2;5*1H3;;/q2*-3;5*-1;;. The van der Waals surface area contributed by atoms with Crippen molar-refractivity contribution in [2.45, 2.75) is 0 Å². The Balaban J connectivity index is -0.0000000405. The third-order valence-corrected chi connectivity index (χ3v) is 2.50. The number of hydrogen-bond acceptors (Lipinski definition) is 0. The predicted molar refractivity (Wildman–Crippen MR) is 111 cm³/mol. The molecule has 0 bridgehead atoms. The Morgan fingerprint density at radius 1 is 0.280 bits per heavy atom. The summed E-state index contributed by atoms with van der Waals surface area (Å²) in [5.41, 5.74) is 0. The molecule has 8 heteroatoms. The van der Waals surface area contributed by atoms with Crippen LogP contribution in [-0.4, -0.2) is 78.5 Å². The van der Waals surface area contributed by atoms with Crippen molar-refractivity contribution in [2.75, 3.05) is 78.5 Å². The molecule has 0 spiro atoms. The quantitative estimate of drug-likeness (QED) is 0.385. The van der Waals surface area contributed by atoms with Crippen molar-refractivity contribution < 1.29 is 33.6 Å². The molecule has 0 aromatic rings. The predicted octanol–water partition coefficient (Wildman–Crippen LogP) is 4.49. The largest absolute Gasteiger partial charge is 0.665 e. The minimum Gasteiger partial charge on any atom is -0.665 e. The molecule has 2 heterocycles. The van der Waals surface area contributed by atoms with Crippen LogP contribution in [0, 0.1) is 37.1 Å². The summed E-state index contributed by atoms with van der Waals surface area (Å²) in [7, 11) is 0. The van der Waals surface area contributed by atoms with Crippen LogP contribution in [0.15, 0.2) is 0 Å². The molecule has 0 unspecified atom stereocenters. The summed E-state index contributed by atoms with van der Waals surface area (Å²) in [4.78, 5) is 0. The van der Waals surface area contributed by atoms with Crippen LogP contribution in [-0.2, 0) is 33.6 Å². The van der Waals surface area contributed by atoms with Gasteiger partial charge in [-0.1, -0.05) is 0 Å². The van der Waals surface area contributed by atoms with E-state index in [1.54, 1.807) is 0 Å². The summed E-state index contributed by atoms with van der Waals surface area (Å²) in [6.07, 6.45) is 0. The van der Waals surface area contributed by atoms with Crippen LogP contribution in [0.4, 0.5) is 0 Å². The van der Waals surface area contributed by atoms with Gasteiger partial charge in [-0.15, -0.1) is 0 Å². The second-order valence-corrected chi connectivity index (χ2v) is 4.02. The summed E-state index contributed by atoms with van der Waals surface area (Å²) in [5, 5.41) is 25.2. The number of rotatable bonds is 0.